The number of benzene rings is 1. The average Bonchev–Trinajstić information content (AvgIpc) is 2.96. The number of nitrogens with one attached hydrogen (secondary N) is 1. The Balaban J connectivity index is 1.99. The average molecular weight is 347 g/mol. The topological polar surface area (TPSA) is 66.5 Å². The third kappa shape index (κ3) is 3.85. The van der Waals surface area contributed by atoms with Crippen LogP contribution in [-0.4, -0.2) is 38.9 Å². The molecule has 1 saturated heterocycles. The fraction of sp³-hybridized carbons (Fsp3) is 0.357. The third-order valence-electron chi connectivity index (χ3n) is 3.55. The molecule has 1 aromatic carbocycles. The van der Waals surface area contributed by atoms with Crippen molar-refractivity contribution < 1.29 is 17.6 Å². The molecule has 5 nitrogen and oxygen atoms in total. The van der Waals surface area contributed by atoms with Crippen LogP contribution in [0, 0.1) is 11.7 Å². The van der Waals surface area contributed by atoms with E-state index in [1.165, 1.54) is 23.1 Å². The van der Waals surface area contributed by atoms with E-state index in [2.05, 4.69) is 11.3 Å². The van der Waals surface area contributed by atoms with E-state index in [0.29, 0.717) is 19.5 Å². The second-order valence-corrected chi connectivity index (χ2v) is 7.19. The molecule has 1 fully saturated rings. The van der Waals surface area contributed by atoms with Crippen LogP contribution in [0.5, 0.6) is 0 Å². The molecule has 1 atom stereocenters. The van der Waals surface area contributed by atoms with Crippen molar-refractivity contribution in [3.63, 3.8) is 0 Å². The van der Waals surface area contributed by atoms with Crippen molar-refractivity contribution >= 4 is 27.5 Å². The Bertz CT molecular complexity index is 693. The molecule has 0 bridgehead atoms. The zero-order chi connectivity index (χ0) is 16.3. The highest BCUT2D eigenvalue weighted by Gasteiger charge is 2.29. The van der Waals surface area contributed by atoms with E-state index in [-0.39, 0.29) is 23.0 Å². The monoisotopic (exact) mass is 346 g/mol. The zero-order valence-electron chi connectivity index (χ0n) is 11.8. The van der Waals surface area contributed by atoms with Crippen LogP contribution in [0.1, 0.15) is 16.8 Å². The maximum absolute atomic E-state index is 13.9. The molecular formula is C14H16ClFN2O3S. The first kappa shape index (κ1) is 16.9. The molecule has 120 valence electrons. The summed E-state index contributed by atoms with van der Waals surface area (Å²) in [5, 5.41) is 0.743. The predicted molar refractivity (Wildman–Crippen MR) is 82.5 cm³/mol. The molecule has 8 heteroatoms. The lowest BCUT2D eigenvalue weighted by atomic mass is 10.1. The van der Waals surface area contributed by atoms with Crippen molar-refractivity contribution in [2.45, 2.75) is 6.42 Å². The van der Waals surface area contributed by atoms with Crippen molar-refractivity contribution in [1.82, 2.24) is 9.62 Å². The van der Waals surface area contributed by atoms with Crippen molar-refractivity contribution in [1.29, 1.82) is 0 Å². The molecule has 1 aromatic rings. The van der Waals surface area contributed by atoms with Gasteiger partial charge in [-0.1, -0.05) is 24.2 Å². The Kier molecular flexibility index (Phi) is 5.20. The molecule has 1 aliphatic heterocycles. The molecule has 1 amide bonds. The number of hydrogen-bond acceptors (Lipinski definition) is 3. The van der Waals surface area contributed by atoms with Gasteiger partial charge in [-0.2, -0.15) is 0 Å². The summed E-state index contributed by atoms with van der Waals surface area (Å²) in [6.07, 6.45) is 0.646. The Morgan fingerprint density at radius 3 is 2.95 bits per heavy atom. The highest BCUT2D eigenvalue weighted by molar-refractivity contribution is 7.92. The number of amides is 1. The van der Waals surface area contributed by atoms with Crippen LogP contribution in [0.2, 0.25) is 5.02 Å². The molecule has 0 radical (unpaired) electrons. The van der Waals surface area contributed by atoms with E-state index >= 15 is 0 Å². The normalized spacial score (nSPS) is 18.5. The second kappa shape index (κ2) is 6.76. The van der Waals surface area contributed by atoms with E-state index < -0.39 is 21.7 Å². The number of sulfonamides is 1. The summed E-state index contributed by atoms with van der Waals surface area (Å²) in [5.74, 6) is -1.18. The van der Waals surface area contributed by atoms with Crippen LogP contribution in [-0.2, 0) is 10.0 Å². The van der Waals surface area contributed by atoms with E-state index in [0.717, 1.165) is 5.41 Å². The SMILES string of the molecule is C=CS(=O)(=O)NC[C@H]1CCN(C(=O)c2cccc(Cl)c2F)C1. The molecular weight excluding hydrogens is 331 g/mol. The number of likely N-dealkylation sites (tertiary alicyclic amines) is 1. The molecule has 1 N–H and O–H groups in total. The van der Waals surface area contributed by atoms with Crippen molar-refractivity contribution in [3.8, 4) is 0 Å². The van der Waals surface area contributed by atoms with Gasteiger partial charge in [0.2, 0.25) is 10.0 Å². The summed E-state index contributed by atoms with van der Waals surface area (Å²) >= 11 is 5.68. The number of rotatable bonds is 5. The van der Waals surface area contributed by atoms with Gasteiger partial charge in [-0.05, 0) is 24.5 Å². The van der Waals surface area contributed by atoms with Crippen LogP contribution in [0.4, 0.5) is 4.39 Å². The lowest BCUT2D eigenvalue weighted by Crippen LogP contribution is -2.32. The molecule has 0 aliphatic carbocycles. The van der Waals surface area contributed by atoms with Crippen LogP contribution >= 0.6 is 11.6 Å². The third-order valence-corrected chi connectivity index (χ3v) is 4.85. The van der Waals surface area contributed by atoms with Gasteiger partial charge in [0.15, 0.2) is 5.82 Å². The van der Waals surface area contributed by atoms with Gasteiger partial charge < -0.3 is 4.90 Å². The van der Waals surface area contributed by atoms with Gasteiger partial charge in [0, 0.05) is 25.0 Å². The van der Waals surface area contributed by atoms with Gasteiger partial charge in [-0.3, -0.25) is 4.79 Å². The van der Waals surface area contributed by atoms with Gasteiger partial charge in [0.25, 0.3) is 5.91 Å². The van der Waals surface area contributed by atoms with Gasteiger partial charge in [-0.25, -0.2) is 17.5 Å². The number of halogens is 2. The minimum atomic E-state index is -3.48. The second-order valence-electron chi connectivity index (χ2n) is 5.07. The van der Waals surface area contributed by atoms with E-state index in [1.807, 2.05) is 0 Å². The standard InChI is InChI=1S/C14H16ClFN2O3S/c1-2-22(20,21)17-8-10-6-7-18(9-10)14(19)11-4-3-5-12(15)13(11)16/h2-5,10,17H,1,6-9H2/t10-/m1/s1. The van der Waals surface area contributed by atoms with Crippen molar-refractivity contribution in [2.75, 3.05) is 19.6 Å². The Hall–Kier alpha value is -1.44. The maximum Gasteiger partial charge on any atom is 0.256 e. The largest absolute Gasteiger partial charge is 0.338 e. The van der Waals surface area contributed by atoms with Crippen molar-refractivity contribution in [3.05, 3.63) is 46.6 Å². The lowest BCUT2D eigenvalue weighted by Gasteiger charge is -2.17. The molecule has 2 rings (SSSR count). The first-order chi connectivity index (χ1) is 10.3. The molecule has 0 saturated carbocycles. The quantitative estimate of drug-likeness (QED) is 0.886. The molecule has 0 unspecified atom stereocenters. The molecule has 22 heavy (non-hydrogen) atoms. The zero-order valence-corrected chi connectivity index (χ0v) is 13.3. The number of carbonyl (C=O) groups excluding carboxylic acids is 1. The fourth-order valence-electron chi connectivity index (χ4n) is 2.32. The van der Waals surface area contributed by atoms with Crippen LogP contribution in [0.15, 0.2) is 30.2 Å². The highest BCUT2D eigenvalue weighted by Crippen LogP contribution is 2.23. The Labute approximate surface area is 133 Å². The maximum atomic E-state index is 13.9. The number of nitrogens with zero attached hydrogens (tertiary/aromatic N) is 1. The van der Waals surface area contributed by atoms with E-state index in [1.54, 1.807) is 0 Å². The van der Waals surface area contributed by atoms with E-state index in [9.17, 15) is 17.6 Å². The minimum absolute atomic E-state index is 0.0130. The Morgan fingerprint density at radius 2 is 2.27 bits per heavy atom. The smallest absolute Gasteiger partial charge is 0.256 e. The van der Waals surface area contributed by atoms with Crippen LogP contribution < -0.4 is 4.72 Å². The summed E-state index contributed by atoms with van der Waals surface area (Å²) in [7, 11) is -3.48. The first-order valence-electron chi connectivity index (χ1n) is 6.69. The molecule has 1 aliphatic rings. The summed E-state index contributed by atoms with van der Waals surface area (Å²) in [4.78, 5) is 13.8. The molecule has 1 heterocycles. The van der Waals surface area contributed by atoms with Crippen molar-refractivity contribution in [2.24, 2.45) is 5.92 Å². The summed E-state index contributed by atoms with van der Waals surface area (Å²) in [6, 6.07) is 4.28. The summed E-state index contributed by atoms with van der Waals surface area (Å²) in [6.45, 7) is 4.24. The molecule has 0 spiro atoms. The van der Waals surface area contributed by atoms with Gasteiger partial charge in [0.05, 0.1) is 10.6 Å². The molecule has 0 aromatic heterocycles. The van der Waals surface area contributed by atoms with Gasteiger partial charge >= 0.3 is 0 Å². The highest BCUT2D eigenvalue weighted by atomic mass is 35.5. The predicted octanol–water partition coefficient (Wildman–Crippen LogP) is 2.00. The summed E-state index contributed by atoms with van der Waals surface area (Å²) < 4.78 is 38.9. The minimum Gasteiger partial charge on any atom is -0.338 e. The lowest BCUT2D eigenvalue weighted by molar-refractivity contribution is 0.0783. The van der Waals surface area contributed by atoms with Crippen LogP contribution in [0.25, 0.3) is 0 Å². The van der Waals surface area contributed by atoms with E-state index in [4.69, 9.17) is 11.6 Å². The number of hydrogen-bond donors (Lipinski definition) is 1. The fourth-order valence-corrected chi connectivity index (χ4v) is 3.08. The van der Waals surface area contributed by atoms with Crippen LogP contribution in [0.3, 0.4) is 0 Å². The Morgan fingerprint density at radius 1 is 1.55 bits per heavy atom. The first-order valence-corrected chi connectivity index (χ1v) is 8.62. The van der Waals surface area contributed by atoms with Gasteiger partial charge in [0.1, 0.15) is 0 Å². The van der Waals surface area contributed by atoms with Gasteiger partial charge in [-0.15, -0.1) is 0 Å². The number of carbonyl (C=O) groups is 1. The summed E-state index contributed by atoms with van der Waals surface area (Å²) in [5.41, 5.74) is -0.0696.